The maximum Gasteiger partial charge on any atom is 0.320 e. The topological polar surface area (TPSA) is 40.5 Å². The van der Waals surface area contributed by atoms with E-state index in [1.165, 1.54) is 4.88 Å². The lowest BCUT2D eigenvalue weighted by atomic mass is 10.1. The SMILES string of the molecule is O=C(O)C1CCCCCN1Cc1cc(Br)c(Br)s1. The van der Waals surface area contributed by atoms with E-state index >= 15 is 0 Å². The summed E-state index contributed by atoms with van der Waals surface area (Å²) in [5.41, 5.74) is 0. The Kier molecular flexibility index (Phi) is 5.24. The fraction of sp³-hybridized carbons (Fsp3) is 0.583. The molecule has 1 unspecified atom stereocenters. The number of carboxylic acid groups (broad SMARTS) is 1. The van der Waals surface area contributed by atoms with Crippen LogP contribution in [0.25, 0.3) is 0 Å². The minimum Gasteiger partial charge on any atom is -0.480 e. The molecule has 0 aromatic carbocycles. The van der Waals surface area contributed by atoms with E-state index < -0.39 is 5.97 Å². The molecule has 100 valence electrons. The van der Waals surface area contributed by atoms with Crippen LogP contribution in [0.2, 0.25) is 0 Å². The molecule has 1 N–H and O–H groups in total. The smallest absolute Gasteiger partial charge is 0.320 e. The van der Waals surface area contributed by atoms with Crippen molar-refractivity contribution < 1.29 is 9.90 Å². The number of aliphatic carboxylic acids is 1. The predicted octanol–water partition coefficient (Wildman–Crippen LogP) is 4.10. The molecular weight excluding hydrogens is 382 g/mol. The van der Waals surface area contributed by atoms with Crippen LogP contribution in [0.15, 0.2) is 14.3 Å². The Morgan fingerprint density at radius 1 is 1.44 bits per heavy atom. The maximum absolute atomic E-state index is 11.3. The first-order valence-corrected chi connectivity index (χ1v) is 8.38. The molecule has 2 rings (SSSR count). The number of hydrogen-bond donors (Lipinski definition) is 1. The summed E-state index contributed by atoms with van der Waals surface area (Å²) in [6.45, 7) is 1.61. The van der Waals surface area contributed by atoms with Crippen LogP contribution in [0.5, 0.6) is 0 Å². The minimum atomic E-state index is -0.688. The molecule has 0 aliphatic carbocycles. The average molecular weight is 397 g/mol. The third-order valence-electron chi connectivity index (χ3n) is 3.20. The number of likely N-dealkylation sites (tertiary alicyclic amines) is 1. The van der Waals surface area contributed by atoms with E-state index in [0.717, 1.165) is 47.0 Å². The van der Waals surface area contributed by atoms with Crippen molar-refractivity contribution in [3.05, 3.63) is 19.2 Å². The summed E-state index contributed by atoms with van der Waals surface area (Å²) in [6, 6.07) is 1.74. The van der Waals surface area contributed by atoms with Crippen molar-refractivity contribution in [2.75, 3.05) is 6.54 Å². The normalized spacial score (nSPS) is 21.8. The number of rotatable bonds is 3. The number of thiophene rings is 1. The lowest BCUT2D eigenvalue weighted by Gasteiger charge is -2.25. The number of nitrogens with zero attached hydrogens (tertiary/aromatic N) is 1. The molecule has 1 aromatic rings. The zero-order chi connectivity index (χ0) is 13.1. The second-order valence-electron chi connectivity index (χ2n) is 4.51. The molecule has 0 spiro atoms. The van der Waals surface area contributed by atoms with Gasteiger partial charge < -0.3 is 5.11 Å². The quantitative estimate of drug-likeness (QED) is 0.835. The van der Waals surface area contributed by atoms with Crippen LogP contribution >= 0.6 is 43.2 Å². The van der Waals surface area contributed by atoms with E-state index in [4.69, 9.17) is 0 Å². The van der Waals surface area contributed by atoms with Crippen molar-refractivity contribution in [2.45, 2.75) is 38.3 Å². The van der Waals surface area contributed by atoms with Crippen LogP contribution in [-0.2, 0) is 11.3 Å². The first-order valence-electron chi connectivity index (χ1n) is 5.98. The van der Waals surface area contributed by atoms with Gasteiger partial charge in [0.25, 0.3) is 0 Å². The highest BCUT2D eigenvalue weighted by atomic mass is 79.9. The first kappa shape index (κ1) is 14.5. The van der Waals surface area contributed by atoms with Gasteiger partial charge in [0.2, 0.25) is 0 Å². The van der Waals surface area contributed by atoms with Crippen molar-refractivity contribution in [3.63, 3.8) is 0 Å². The van der Waals surface area contributed by atoms with E-state index in [1.54, 1.807) is 11.3 Å². The van der Waals surface area contributed by atoms with E-state index in [2.05, 4.69) is 42.8 Å². The Morgan fingerprint density at radius 3 is 2.83 bits per heavy atom. The second kappa shape index (κ2) is 6.50. The summed E-state index contributed by atoms with van der Waals surface area (Å²) >= 11 is 8.61. The second-order valence-corrected chi connectivity index (χ2v) is 7.82. The van der Waals surface area contributed by atoms with E-state index in [9.17, 15) is 9.90 Å². The molecule has 0 amide bonds. The largest absolute Gasteiger partial charge is 0.480 e. The van der Waals surface area contributed by atoms with Gasteiger partial charge in [0.1, 0.15) is 6.04 Å². The average Bonchev–Trinajstić information content (AvgIpc) is 2.53. The molecule has 1 aromatic heterocycles. The molecule has 1 aliphatic heterocycles. The van der Waals surface area contributed by atoms with E-state index in [-0.39, 0.29) is 6.04 Å². The highest BCUT2D eigenvalue weighted by Crippen LogP contribution is 2.33. The van der Waals surface area contributed by atoms with Crippen LogP contribution < -0.4 is 0 Å². The van der Waals surface area contributed by atoms with Gasteiger partial charge in [-0.1, -0.05) is 12.8 Å². The number of carboxylic acids is 1. The van der Waals surface area contributed by atoms with Crippen molar-refractivity contribution in [1.29, 1.82) is 0 Å². The Bertz CT molecular complexity index is 416. The van der Waals surface area contributed by atoms with Gasteiger partial charge in [-0.25, -0.2) is 0 Å². The van der Waals surface area contributed by atoms with Crippen molar-refractivity contribution in [3.8, 4) is 0 Å². The standard InChI is InChI=1S/C12H15Br2NO2S/c13-9-6-8(18-11(9)14)7-15-5-3-1-2-4-10(15)12(16)17/h6,10H,1-5,7H2,(H,16,17). The highest BCUT2D eigenvalue weighted by Gasteiger charge is 2.27. The van der Waals surface area contributed by atoms with Crippen LogP contribution in [0.3, 0.4) is 0 Å². The molecule has 18 heavy (non-hydrogen) atoms. The van der Waals surface area contributed by atoms with Crippen molar-refractivity contribution in [2.24, 2.45) is 0 Å². The lowest BCUT2D eigenvalue weighted by molar-refractivity contribution is -0.143. The van der Waals surface area contributed by atoms with Gasteiger partial charge in [-0.15, -0.1) is 11.3 Å². The van der Waals surface area contributed by atoms with E-state index in [0.29, 0.717) is 0 Å². The molecule has 1 aliphatic rings. The maximum atomic E-state index is 11.3. The predicted molar refractivity (Wildman–Crippen MR) is 80.0 cm³/mol. The summed E-state index contributed by atoms with van der Waals surface area (Å²) in [6.07, 6.45) is 4.02. The molecule has 2 heterocycles. The van der Waals surface area contributed by atoms with Crippen LogP contribution in [0.1, 0.15) is 30.6 Å². The first-order chi connectivity index (χ1) is 8.58. The van der Waals surface area contributed by atoms with Crippen molar-refractivity contribution >= 4 is 49.2 Å². The van der Waals surface area contributed by atoms with Crippen LogP contribution in [0, 0.1) is 0 Å². The summed E-state index contributed by atoms with van der Waals surface area (Å²) in [5.74, 6) is -0.688. The van der Waals surface area contributed by atoms with E-state index in [1.807, 2.05) is 0 Å². The minimum absolute atomic E-state index is 0.327. The molecule has 1 saturated heterocycles. The fourth-order valence-electron chi connectivity index (χ4n) is 2.31. The molecule has 1 fully saturated rings. The Balaban J connectivity index is 2.10. The number of carbonyl (C=O) groups is 1. The van der Waals surface area contributed by atoms with Gasteiger partial charge in [-0.05, 0) is 57.3 Å². The van der Waals surface area contributed by atoms with Gasteiger partial charge in [-0.3, -0.25) is 9.69 Å². The van der Waals surface area contributed by atoms with Crippen LogP contribution in [-0.4, -0.2) is 28.6 Å². The third kappa shape index (κ3) is 3.56. The van der Waals surface area contributed by atoms with Gasteiger partial charge in [0.05, 0.1) is 3.79 Å². The summed E-state index contributed by atoms with van der Waals surface area (Å²) in [7, 11) is 0. The third-order valence-corrected chi connectivity index (χ3v) is 6.44. The molecule has 6 heteroatoms. The molecule has 3 nitrogen and oxygen atoms in total. The van der Waals surface area contributed by atoms with Gasteiger partial charge in [-0.2, -0.15) is 0 Å². The number of hydrogen-bond acceptors (Lipinski definition) is 3. The van der Waals surface area contributed by atoms with Crippen LogP contribution in [0.4, 0.5) is 0 Å². The molecule has 1 atom stereocenters. The lowest BCUT2D eigenvalue weighted by Crippen LogP contribution is -2.39. The molecule has 0 saturated carbocycles. The summed E-state index contributed by atoms with van der Waals surface area (Å²) in [5, 5.41) is 9.31. The monoisotopic (exact) mass is 395 g/mol. The molecule has 0 bridgehead atoms. The summed E-state index contributed by atoms with van der Waals surface area (Å²) < 4.78 is 2.11. The van der Waals surface area contributed by atoms with Crippen molar-refractivity contribution in [1.82, 2.24) is 4.90 Å². The Hall–Kier alpha value is 0.0900. The van der Waals surface area contributed by atoms with Gasteiger partial charge in [0.15, 0.2) is 0 Å². The zero-order valence-electron chi connectivity index (χ0n) is 9.86. The molecular formula is C12H15Br2NO2S. The zero-order valence-corrected chi connectivity index (χ0v) is 13.9. The fourth-order valence-corrected chi connectivity index (χ4v) is 4.51. The highest BCUT2D eigenvalue weighted by molar-refractivity contribution is 9.13. The summed E-state index contributed by atoms with van der Waals surface area (Å²) in [4.78, 5) is 14.6. The van der Waals surface area contributed by atoms with Gasteiger partial charge >= 0.3 is 5.97 Å². The Morgan fingerprint density at radius 2 is 2.22 bits per heavy atom. The molecule has 0 radical (unpaired) electrons. The van der Waals surface area contributed by atoms with Gasteiger partial charge in [0, 0.05) is 15.9 Å². The number of halogens is 2. The Labute approximate surface area is 127 Å².